The lowest BCUT2D eigenvalue weighted by Gasteiger charge is -2.37. The van der Waals surface area contributed by atoms with Crippen LogP contribution in [0.15, 0.2) is 54.6 Å². The molecular weight excluding hydrogens is 398 g/mol. The van der Waals surface area contributed by atoms with Crippen LogP contribution in [0.4, 0.5) is 16.2 Å². The van der Waals surface area contributed by atoms with Gasteiger partial charge in [0.05, 0.1) is 11.6 Å². The van der Waals surface area contributed by atoms with Crippen molar-refractivity contribution >= 4 is 23.3 Å². The highest BCUT2D eigenvalue weighted by Crippen LogP contribution is 2.32. The number of imide groups is 1. The maximum Gasteiger partial charge on any atom is 0.326 e. The summed E-state index contributed by atoms with van der Waals surface area (Å²) in [5.41, 5.74) is 0.772. The third-order valence-electron chi connectivity index (χ3n) is 6.11. The summed E-state index contributed by atoms with van der Waals surface area (Å²) in [6, 6.07) is 15.5. The monoisotopic (exact) mass is 423 g/mol. The second-order valence-corrected chi connectivity index (χ2v) is 7.81. The van der Waals surface area contributed by atoms with E-state index in [0.29, 0.717) is 32.6 Å². The van der Waals surface area contributed by atoms with E-state index in [1.807, 2.05) is 37.3 Å². The summed E-state index contributed by atoms with van der Waals surface area (Å²) in [7, 11) is 0. The highest BCUT2D eigenvalue weighted by molar-refractivity contribution is 6.07. The van der Waals surface area contributed by atoms with Crippen molar-refractivity contribution < 1.29 is 14.5 Å². The van der Waals surface area contributed by atoms with Gasteiger partial charge in [-0.2, -0.15) is 0 Å². The first kappa shape index (κ1) is 20.8. The van der Waals surface area contributed by atoms with Crippen LogP contribution in [0.25, 0.3) is 0 Å². The van der Waals surface area contributed by atoms with Gasteiger partial charge < -0.3 is 10.2 Å². The van der Waals surface area contributed by atoms with Crippen LogP contribution >= 0.6 is 0 Å². The fraction of sp³-hybridized carbons (Fsp3) is 0.364. The fourth-order valence-corrected chi connectivity index (χ4v) is 4.25. The van der Waals surface area contributed by atoms with Gasteiger partial charge in [0.25, 0.3) is 11.6 Å². The van der Waals surface area contributed by atoms with E-state index in [-0.39, 0.29) is 24.3 Å². The summed E-state index contributed by atoms with van der Waals surface area (Å²) in [4.78, 5) is 41.9. The van der Waals surface area contributed by atoms with Crippen molar-refractivity contribution in [1.82, 2.24) is 15.1 Å². The molecule has 2 heterocycles. The predicted molar refractivity (Wildman–Crippen MR) is 116 cm³/mol. The van der Waals surface area contributed by atoms with Crippen molar-refractivity contribution in [1.29, 1.82) is 0 Å². The molecular formula is C22H25N5O4. The second-order valence-electron chi connectivity index (χ2n) is 7.81. The lowest BCUT2D eigenvalue weighted by Crippen LogP contribution is -2.51. The van der Waals surface area contributed by atoms with Crippen LogP contribution in [0, 0.1) is 10.1 Å². The Kier molecular flexibility index (Phi) is 5.60. The molecule has 1 atom stereocenters. The van der Waals surface area contributed by atoms with Gasteiger partial charge in [0.1, 0.15) is 5.54 Å². The van der Waals surface area contributed by atoms with E-state index in [9.17, 15) is 19.7 Å². The smallest absolute Gasteiger partial charge is 0.326 e. The molecule has 0 spiro atoms. The minimum Gasteiger partial charge on any atom is -0.369 e. The van der Waals surface area contributed by atoms with Crippen molar-refractivity contribution in [2.24, 2.45) is 0 Å². The molecule has 0 bridgehead atoms. The molecule has 0 aromatic heterocycles. The number of hydrogen-bond donors (Lipinski definition) is 1. The quantitative estimate of drug-likeness (QED) is 0.436. The van der Waals surface area contributed by atoms with E-state index in [4.69, 9.17) is 0 Å². The highest BCUT2D eigenvalue weighted by atomic mass is 16.6. The number of amides is 3. The molecule has 2 aromatic carbocycles. The van der Waals surface area contributed by atoms with E-state index in [2.05, 4.69) is 15.1 Å². The minimum absolute atomic E-state index is 0.0683. The van der Waals surface area contributed by atoms with Gasteiger partial charge in [-0.3, -0.25) is 19.8 Å². The normalized spacial score (nSPS) is 22.0. The summed E-state index contributed by atoms with van der Waals surface area (Å²) in [5.74, 6) is -0.219. The molecule has 3 amide bonds. The number of non-ortho nitro benzene ring substituents is 1. The summed E-state index contributed by atoms with van der Waals surface area (Å²) >= 11 is 0. The second kappa shape index (κ2) is 8.35. The summed E-state index contributed by atoms with van der Waals surface area (Å²) in [6.07, 6.45) is 0.478. The molecule has 2 saturated heterocycles. The Morgan fingerprint density at radius 1 is 1.00 bits per heavy atom. The molecule has 4 rings (SSSR count). The molecule has 0 unspecified atom stereocenters. The van der Waals surface area contributed by atoms with Crippen LogP contribution in [-0.2, 0) is 10.3 Å². The van der Waals surface area contributed by atoms with Crippen LogP contribution in [0.2, 0.25) is 0 Å². The first-order valence-electron chi connectivity index (χ1n) is 10.4. The Hall–Kier alpha value is -3.46. The van der Waals surface area contributed by atoms with Crippen molar-refractivity contribution in [2.75, 3.05) is 37.7 Å². The Morgan fingerprint density at radius 3 is 2.23 bits per heavy atom. The number of rotatable bonds is 6. The van der Waals surface area contributed by atoms with Gasteiger partial charge in [-0.25, -0.2) is 9.69 Å². The lowest BCUT2D eigenvalue weighted by atomic mass is 9.87. The van der Waals surface area contributed by atoms with Crippen molar-refractivity contribution in [3.63, 3.8) is 0 Å². The molecule has 0 aliphatic carbocycles. The molecule has 9 nitrogen and oxygen atoms in total. The van der Waals surface area contributed by atoms with E-state index in [1.54, 1.807) is 12.1 Å². The number of nitrogens with one attached hydrogen (secondary N) is 1. The lowest BCUT2D eigenvalue weighted by molar-refractivity contribution is -0.384. The Balaban J connectivity index is 1.40. The van der Waals surface area contributed by atoms with Crippen LogP contribution in [0.5, 0.6) is 0 Å². The average molecular weight is 423 g/mol. The molecule has 2 aromatic rings. The van der Waals surface area contributed by atoms with E-state index >= 15 is 0 Å². The van der Waals surface area contributed by atoms with Crippen molar-refractivity contribution in [3.05, 3.63) is 70.3 Å². The maximum atomic E-state index is 13.3. The molecule has 2 aliphatic rings. The maximum absolute atomic E-state index is 13.3. The number of piperazine rings is 1. The molecule has 0 saturated carbocycles. The molecule has 2 fully saturated rings. The third kappa shape index (κ3) is 3.84. The standard InChI is InChI=1S/C22H25N5O4/c1-2-22(17-6-4-3-5-7-17)20(28)26(21(29)23-22)16-24-12-14-25(15-13-24)18-8-10-19(11-9-18)27(30)31/h3-11H,2,12-16H2,1H3,(H,23,29)/t22-/m0/s1. The number of carbonyl (C=O) groups is 2. The van der Waals surface area contributed by atoms with Crippen LogP contribution in [0.1, 0.15) is 18.9 Å². The Bertz CT molecular complexity index is 973. The molecule has 1 N–H and O–H groups in total. The van der Waals surface area contributed by atoms with Gasteiger partial charge in [0.2, 0.25) is 0 Å². The minimum atomic E-state index is -1.01. The first-order valence-corrected chi connectivity index (χ1v) is 10.4. The number of nitro benzene ring substituents is 1. The van der Waals surface area contributed by atoms with Gasteiger partial charge >= 0.3 is 6.03 Å². The van der Waals surface area contributed by atoms with E-state index in [1.165, 1.54) is 17.0 Å². The summed E-state index contributed by atoms with van der Waals surface area (Å²) < 4.78 is 0. The largest absolute Gasteiger partial charge is 0.369 e. The van der Waals surface area contributed by atoms with Crippen molar-refractivity contribution in [3.8, 4) is 0 Å². The molecule has 31 heavy (non-hydrogen) atoms. The summed E-state index contributed by atoms with van der Waals surface area (Å²) in [6.45, 7) is 4.92. The third-order valence-corrected chi connectivity index (χ3v) is 6.11. The number of nitrogens with zero attached hydrogens (tertiary/aromatic N) is 4. The average Bonchev–Trinajstić information content (AvgIpc) is 3.05. The number of benzene rings is 2. The van der Waals surface area contributed by atoms with Crippen molar-refractivity contribution in [2.45, 2.75) is 18.9 Å². The van der Waals surface area contributed by atoms with Gasteiger partial charge in [0.15, 0.2) is 0 Å². The Labute approximate surface area is 180 Å². The van der Waals surface area contributed by atoms with Gasteiger partial charge in [-0.15, -0.1) is 0 Å². The molecule has 0 radical (unpaired) electrons. The number of carbonyl (C=O) groups excluding carboxylic acids is 2. The van der Waals surface area contributed by atoms with Gasteiger partial charge in [-0.05, 0) is 24.1 Å². The topological polar surface area (TPSA) is 99.0 Å². The number of nitro groups is 1. The highest BCUT2D eigenvalue weighted by Gasteiger charge is 2.51. The van der Waals surface area contributed by atoms with Crippen LogP contribution in [-0.4, -0.2) is 59.5 Å². The fourth-order valence-electron chi connectivity index (χ4n) is 4.25. The van der Waals surface area contributed by atoms with E-state index in [0.717, 1.165) is 11.3 Å². The number of hydrogen-bond acceptors (Lipinski definition) is 6. The Morgan fingerprint density at radius 2 is 1.65 bits per heavy atom. The SMILES string of the molecule is CC[C@@]1(c2ccccc2)NC(=O)N(CN2CCN(c3ccc([N+](=O)[O-])cc3)CC2)C1=O. The zero-order valence-electron chi connectivity index (χ0n) is 17.4. The molecule has 2 aliphatic heterocycles. The number of anilines is 1. The van der Waals surface area contributed by atoms with Gasteiger partial charge in [0, 0.05) is 44.0 Å². The zero-order chi connectivity index (χ0) is 22.0. The van der Waals surface area contributed by atoms with Crippen LogP contribution in [0.3, 0.4) is 0 Å². The first-order chi connectivity index (χ1) is 14.9. The molecule has 162 valence electrons. The number of urea groups is 1. The predicted octanol–water partition coefficient (Wildman–Crippen LogP) is 2.53. The van der Waals surface area contributed by atoms with Crippen LogP contribution < -0.4 is 10.2 Å². The van der Waals surface area contributed by atoms with Gasteiger partial charge in [-0.1, -0.05) is 37.3 Å². The summed E-state index contributed by atoms with van der Waals surface area (Å²) in [5, 5.41) is 13.7. The van der Waals surface area contributed by atoms with E-state index < -0.39 is 10.5 Å². The molecule has 9 heteroatoms. The zero-order valence-corrected chi connectivity index (χ0v) is 17.4.